The first-order valence-corrected chi connectivity index (χ1v) is 10.4. The van der Waals surface area contributed by atoms with Crippen LogP contribution in [0.25, 0.3) is 6.08 Å². The zero-order valence-corrected chi connectivity index (χ0v) is 17.1. The van der Waals surface area contributed by atoms with E-state index in [2.05, 4.69) is 53.5 Å². The van der Waals surface area contributed by atoms with Crippen LogP contribution >= 0.6 is 0 Å². The number of carbonyl (C=O) groups is 1. The quantitative estimate of drug-likeness (QED) is 0.738. The average molecular weight is 370 g/mol. The van der Waals surface area contributed by atoms with Crippen LogP contribution in [0.5, 0.6) is 0 Å². The summed E-state index contributed by atoms with van der Waals surface area (Å²) in [4.78, 5) is 13.9. The van der Waals surface area contributed by atoms with Crippen LogP contribution in [-0.4, -0.2) is 42.5 Å². The lowest BCUT2D eigenvalue weighted by molar-refractivity contribution is -0.127. The van der Waals surface area contributed by atoms with Crippen molar-refractivity contribution in [3.63, 3.8) is 0 Å². The van der Waals surface area contributed by atoms with Gasteiger partial charge in [-0.25, -0.2) is 0 Å². The maximum Gasteiger partial charge on any atom is 0.224 e. The molecular formula is C23H35N3O. The summed E-state index contributed by atoms with van der Waals surface area (Å²) in [5.41, 5.74) is 7.95. The fraction of sp³-hybridized carbons (Fsp3) is 0.609. The van der Waals surface area contributed by atoms with Crippen LogP contribution in [0.1, 0.15) is 52.0 Å². The van der Waals surface area contributed by atoms with Crippen molar-refractivity contribution >= 4 is 12.0 Å². The highest BCUT2D eigenvalue weighted by Gasteiger charge is 2.40. The lowest BCUT2D eigenvalue weighted by atomic mass is 9.90. The molecule has 2 fully saturated rings. The van der Waals surface area contributed by atoms with Gasteiger partial charge in [-0.05, 0) is 64.1 Å². The standard InChI is InChI=1S/C23H35N3O/c1-4-18(14-17-8-6-5-7-9-17)20-15-21(20)25-19-10-12-26(13-11-19)16-23(2,3)22(24)27/h5-9,14,19-21,25H,4,10-13,15-16H2,1-3H3,(H2,24,27)/b18-14+/t20?,21-/m1/s1. The highest BCUT2D eigenvalue weighted by molar-refractivity contribution is 5.80. The Kier molecular flexibility index (Phi) is 6.38. The van der Waals surface area contributed by atoms with E-state index in [1.165, 1.54) is 12.0 Å². The minimum absolute atomic E-state index is 0.208. The van der Waals surface area contributed by atoms with E-state index in [0.717, 1.165) is 38.9 Å². The maximum atomic E-state index is 11.6. The Morgan fingerprint density at radius 1 is 1.26 bits per heavy atom. The first kappa shape index (κ1) is 20.1. The van der Waals surface area contributed by atoms with Gasteiger partial charge >= 0.3 is 0 Å². The molecule has 1 unspecified atom stereocenters. The maximum absolute atomic E-state index is 11.6. The van der Waals surface area contributed by atoms with E-state index in [1.54, 1.807) is 5.57 Å². The first-order chi connectivity index (χ1) is 12.9. The summed E-state index contributed by atoms with van der Waals surface area (Å²) in [6.45, 7) is 9.02. The Labute approximate surface area is 164 Å². The Morgan fingerprint density at radius 2 is 1.93 bits per heavy atom. The Hall–Kier alpha value is -1.65. The molecule has 0 bridgehead atoms. The van der Waals surface area contributed by atoms with Crippen molar-refractivity contribution in [3.05, 3.63) is 41.5 Å². The summed E-state index contributed by atoms with van der Waals surface area (Å²) in [5.74, 6) is 0.489. The molecular weight excluding hydrogens is 334 g/mol. The van der Waals surface area contributed by atoms with Gasteiger partial charge in [0.05, 0.1) is 5.41 Å². The number of nitrogens with one attached hydrogen (secondary N) is 1. The largest absolute Gasteiger partial charge is 0.369 e. The Balaban J connectivity index is 1.45. The lowest BCUT2D eigenvalue weighted by Gasteiger charge is -2.36. The second kappa shape index (κ2) is 8.57. The molecule has 0 aromatic heterocycles. The number of piperidine rings is 1. The minimum atomic E-state index is -0.444. The van der Waals surface area contributed by atoms with Crippen LogP contribution in [0.15, 0.2) is 35.9 Å². The van der Waals surface area contributed by atoms with Crippen molar-refractivity contribution in [2.75, 3.05) is 19.6 Å². The van der Waals surface area contributed by atoms with E-state index < -0.39 is 5.41 Å². The number of nitrogens with zero attached hydrogens (tertiary/aromatic N) is 1. The second-order valence-corrected chi connectivity index (χ2v) is 8.90. The van der Waals surface area contributed by atoms with Gasteiger partial charge in [0.25, 0.3) is 0 Å². The molecule has 3 N–H and O–H groups in total. The highest BCUT2D eigenvalue weighted by atomic mass is 16.1. The summed E-state index contributed by atoms with van der Waals surface area (Å²) >= 11 is 0. The predicted molar refractivity (Wildman–Crippen MR) is 112 cm³/mol. The predicted octanol–water partition coefficient (Wildman–Crippen LogP) is 3.43. The average Bonchev–Trinajstić information content (AvgIpc) is 3.41. The Morgan fingerprint density at radius 3 is 2.52 bits per heavy atom. The summed E-state index contributed by atoms with van der Waals surface area (Å²) < 4.78 is 0. The van der Waals surface area contributed by atoms with Gasteiger partial charge in [0.1, 0.15) is 0 Å². The van der Waals surface area contributed by atoms with Crippen LogP contribution in [-0.2, 0) is 4.79 Å². The molecule has 1 aliphatic heterocycles. The van der Waals surface area contributed by atoms with Crippen molar-refractivity contribution in [2.24, 2.45) is 17.1 Å². The molecule has 1 aromatic carbocycles. The van der Waals surface area contributed by atoms with Crippen LogP contribution in [0.3, 0.4) is 0 Å². The number of benzene rings is 1. The number of carbonyl (C=O) groups excluding carboxylic acids is 1. The lowest BCUT2D eigenvalue weighted by Crippen LogP contribution is -2.48. The molecule has 1 saturated carbocycles. The molecule has 2 atom stereocenters. The van der Waals surface area contributed by atoms with Gasteiger partial charge < -0.3 is 16.0 Å². The zero-order valence-electron chi connectivity index (χ0n) is 17.1. The topological polar surface area (TPSA) is 58.4 Å². The van der Waals surface area contributed by atoms with E-state index in [1.807, 2.05) is 13.8 Å². The van der Waals surface area contributed by atoms with Gasteiger partial charge in [-0.15, -0.1) is 0 Å². The minimum Gasteiger partial charge on any atom is -0.369 e. The van der Waals surface area contributed by atoms with E-state index in [-0.39, 0.29) is 5.91 Å². The molecule has 1 heterocycles. The molecule has 3 rings (SSSR count). The molecule has 4 heteroatoms. The van der Waals surface area contributed by atoms with Gasteiger partial charge in [-0.3, -0.25) is 4.79 Å². The number of primary amides is 1. The normalized spacial score (nSPS) is 24.8. The molecule has 1 aromatic rings. The number of amides is 1. The number of hydrogen-bond donors (Lipinski definition) is 2. The van der Waals surface area contributed by atoms with Crippen molar-refractivity contribution in [3.8, 4) is 0 Å². The molecule has 148 valence electrons. The van der Waals surface area contributed by atoms with Gasteiger partial charge in [-0.1, -0.05) is 48.9 Å². The van der Waals surface area contributed by atoms with E-state index in [9.17, 15) is 4.79 Å². The van der Waals surface area contributed by atoms with E-state index in [0.29, 0.717) is 18.0 Å². The van der Waals surface area contributed by atoms with Crippen molar-refractivity contribution in [1.29, 1.82) is 0 Å². The van der Waals surface area contributed by atoms with Gasteiger partial charge in [0.15, 0.2) is 0 Å². The third kappa shape index (κ3) is 5.43. The number of hydrogen-bond acceptors (Lipinski definition) is 3. The molecule has 0 spiro atoms. The van der Waals surface area contributed by atoms with Crippen molar-refractivity contribution in [2.45, 2.75) is 58.5 Å². The molecule has 2 aliphatic rings. The SMILES string of the molecule is CC/C(=C\c1ccccc1)C1C[C@H]1NC1CCN(CC(C)(C)C(N)=O)CC1. The molecule has 4 nitrogen and oxygen atoms in total. The van der Waals surface area contributed by atoms with E-state index in [4.69, 9.17) is 5.73 Å². The van der Waals surface area contributed by atoms with Crippen LogP contribution in [0, 0.1) is 11.3 Å². The monoisotopic (exact) mass is 369 g/mol. The second-order valence-electron chi connectivity index (χ2n) is 8.90. The fourth-order valence-electron chi connectivity index (χ4n) is 4.22. The van der Waals surface area contributed by atoms with Gasteiger partial charge in [0, 0.05) is 18.6 Å². The molecule has 1 saturated heterocycles. The third-order valence-electron chi connectivity index (χ3n) is 6.15. The summed E-state index contributed by atoms with van der Waals surface area (Å²) in [7, 11) is 0. The number of nitrogens with two attached hydrogens (primary N) is 1. The molecule has 27 heavy (non-hydrogen) atoms. The van der Waals surface area contributed by atoms with Crippen LogP contribution in [0.4, 0.5) is 0 Å². The zero-order chi connectivity index (χ0) is 19.4. The smallest absolute Gasteiger partial charge is 0.224 e. The Bertz CT molecular complexity index is 659. The van der Waals surface area contributed by atoms with Crippen LogP contribution in [0.2, 0.25) is 0 Å². The highest BCUT2D eigenvalue weighted by Crippen LogP contribution is 2.40. The number of rotatable bonds is 8. The summed E-state index contributed by atoms with van der Waals surface area (Å²) in [5, 5.41) is 3.89. The van der Waals surface area contributed by atoms with Crippen LogP contribution < -0.4 is 11.1 Å². The molecule has 0 radical (unpaired) electrons. The summed E-state index contributed by atoms with van der Waals surface area (Å²) in [6.07, 6.45) is 7.07. The summed E-state index contributed by atoms with van der Waals surface area (Å²) in [6, 6.07) is 11.9. The van der Waals surface area contributed by atoms with Crippen molar-refractivity contribution in [1.82, 2.24) is 10.2 Å². The third-order valence-corrected chi connectivity index (χ3v) is 6.15. The van der Waals surface area contributed by atoms with Gasteiger partial charge in [-0.2, -0.15) is 0 Å². The fourth-order valence-corrected chi connectivity index (χ4v) is 4.22. The molecule has 1 aliphatic carbocycles. The van der Waals surface area contributed by atoms with E-state index >= 15 is 0 Å². The first-order valence-electron chi connectivity index (χ1n) is 10.4. The number of likely N-dealkylation sites (tertiary alicyclic amines) is 1. The molecule has 1 amide bonds. The van der Waals surface area contributed by atoms with Crippen molar-refractivity contribution < 1.29 is 4.79 Å². The van der Waals surface area contributed by atoms with Gasteiger partial charge in [0.2, 0.25) is 5.91 Å².